The van der Waals surface area contributed by atoms with Crippen LogP contribution in [0.1, 0.15) is 12.8 Å². The number of carbonyl (C=O) groups excluding carboxylic acids is 1. The zero-order chi connectivity index (χ0) is 7.56. The third kappa shape index (κ3) is 1.43. The maximum absolute atomic E-state index is 11.6. The third-order valence-electron chi connectivity index (χ3n) is 1.55. The van der Waals surface area contributed by atoms with Crippen LogP contribution in [0.15, 0.2) is 0 Å². The van der Waals surface area contributed by atoms with Crippen LogP contribution in [0.3, 0.4) is 0 Å². The third-order valence-corrected chi connectivity index (χ3v) is 1.55. The lowest BCUT2D eigenvalue weighted by Gasteiger charge is -2.12. The largest absolute Gasteiger partial charge is 0.395 e. The molecule has 2 nitrogen and oxygen atoms in total. The smallest absolute Gasteiger partial charge is 0.337 e. The zero-order valence-electron chi connectivity index (χ0n) is 5.44. The lowest BCUT2D eigenvalue weighted by atomic mass is 10.4. The average Bonchev–Trinajstić information content (AvgIpc) is 2.36. The van der Waals surface area contributed by atoms with E-state index in [1.807, 2.05) is 0 Å². The van der Waals surface area contributed by atoms with Gasteiger partial charge < -0.3 is 4.90 Å². The predicted molar refractivity (Wildman–Crippen MR) is 31.3 cm³/mol. The summed E-state index contributed by atoms with van der Waals surface area (Å²) in [4.78, 5) is 11.7. The van der Waals surface area contributed by atoms with Crippen molar-refractivity contribution in [2.45, 2.75) is 12.8 Å². The Labute approximate surface area is 57.8 Å². The van der Waals surface area contributed by atoms with Gasteiger partial charge in [0.15, 0.2) is 0 Å². The van der Waals surface area contributed by atoms with Crippen molar-refractivity contribution in [2.24, 2.45) is 0 Å². The molecule has 1 fully saturated rings. The fourth-order valence-corrected chi connectivity index (χ4v) is 1.04. The molecule has 4 heteroatoms. The zero-order valence-corrected chi connectivity index (χ0v) is 5.44. The Bertz CT molecular complexity index is 132. The highest BCUT2D eigenvalue weighted by Gasteiger charge is 2.27. The summed E-state index contributed by atoms with van der Waals surface area (Å²) in [6.45, 7) is 0.965. The van der Waals surface area contributed by atoms with Crippen LogP contribution in [-0.2, 0) is 4.79 Å². The van der Waals surface area contributed by atoms with Crippen molar-refractivity contribution >= 4 is 5.91 Å². The second-order valence-corrected chi connectivity index (χ2v) is 2.26. The van der Waals surface area contributed by atoms with Crippen molar-refractivity contribution < 1.29 is 13.6 Å². The van der Waals surface area contributed by atoms with Gasteiger partial charge >= 0.3 is 6.43 Å². The molecule has 1 amide bonds. The maximum atomic E-state index is 11.6. The molecular formula is C6H8F2NO. The quantitative estimate of drug-likeness (QED) is 0.544. The molecule has 0 spiro atoms. The molecule has 0 aromatic carbocycles. The highest BCUT2D eigenvalue weighted by atomic mass is 19.3. The van der Waals surface area contributed by atoms with Crippen LogP contribution in [0.4, 0.5) is 8.78 Å². The maximum Gasteiger partial charge on any atom is 0.395 e. The Morgan fingerprint density at radius 3 is 2.10 bits per heavy atom. The molecule has 0 aromatic heterocycles. The van der Waals surface area contributed by atoms with Crippen LogP contribution < -0.4 is 0 Å². The fourth-order valence-electron chi connectivity index (χ4n) is 1.04. The van der Waals surface area contributed by atoms with Crippen molar-refractivity contribution in [1.82, 2.24) is 4.90 Å². The van der Waals surface area contributed by atoms with Gasteiger partial charge in [-0.25, -0.2) is 0 Å². The van der Waals surface area contributed by atoms with Crippen LogP contribution >= 0.6 is 0 Å². The van der Waals surface area contributed by atoms with Crippen LogP contribution in [-0.4, -0.2) is 23.9 Å². The van der Waals surface area contributed by atoms with E-state index in [2.05, 4.69) is 0 Å². The van der Waals surface area contributed by atoms with E-state index >= 15 is 0 Å². The van der Waals surface area contributed by atoms with Gasteiger partial charge in [0.05, 0.1) is 0 Å². The summed E-state index contributed by atoms with van der Waals surface area (Å²) >= 11 is 0. The Morgan fingerprint density at radius 1 is 1.20 bits per heavy atom. The van der Waals surface area contributed by atoms with E-state index in [1.165, 1.54) is 4.90 Å². The van der Waals surface area contributed by atoms with Crippen molar-refractivity contribution in [3.05, 3.63) is 6.43 Å². The van der Waals surface area contributed by atoms with Gasteiger partial charge in [-0.2, -0.15) is 8.78 Å². The van der Waals surface area contributed by atoms with Crippen LogP contribution in [0.25, 0.3) is 0 Å². The summed E-state index contributed by atoms with van der Waals surface area (Å²) < 4.78 is 23.2. The van der Waals surface area contributed by atoms with E-state index < -0.39 is 12.3 Å². The first-order valence-corrected chi connectivity index (χ1v) is 3.19. The van der Waals surface area contributed by atoms with Crippen LogP contribution in [0.2, 0.25) is 0 Å². The minimum Gasteiger partial charge on any atom is -0.337 e. The topological polar surface area (TPSA) is 20.3 Å². The molecule has 1 aliphatic rings. The monoisotopic (exact) mass is 148 g/mol. The summed E-state index contributed by atoms with van der Waals surface area (Å²) in [5.41, 5.74) is 0. The molecule has 0 aromatic rings. The first kappa shape index (κ1) is 7.44. The summed E-state index contributed by atoms with van der Waals surface area (Å²) in [5.74, 6) is -1.10. The first-order chi connectivity index (χ1) is 4.72. The van der Waals surface area contributed by atoms with Gasteiger partial charge in [-0.15, -0.1) is 0 Å². The molecule has 1 heterocycles. The highest BCUT2D eigenvalue weighted by Crippen LogP contribution is 2.14. The number of carbonyl (C=O) groups is 1. The van der Waals surface area contributed by atoms with Gasteiger partial charge in [0.25, 0.3) is 5.91 Å². The van der Waals surface area contributed by atoms with Gasteiger partial charge in [0.2, 0.25) is 0 Å². The molecule has 0 saturated carbocycles. The van der Waals surface area contributed by atoms with Gasteiger partial charge in [-0.05, 0) is 12.8 Å². The highest BCUT2D eigenvalue weighted by molar-refractivity contribution is 5.86. The molecule has 0 bridgehead atoms. The Hall–Kier alpha value is -0.670. The molecule has 10 heavy (non-hydrogen) atoms. The molecule has 1 radical (unpaired) electrons. The van der Waals surface area contributed by atoms with Gasteiger partial charge in [0.1, 0.15) is 0 Å². The predicted octanol–water partition coefficient (Wildman–Crippen LogP) is 1.04. The van der Waals surface area contributed by atoms with Gasteiger partial charge in [0, 0.05) is 13.1 Å². The van der Waals surface area contributed by atoms with Crippen LogP contribution in [0.5, 0.6) is 0 Å². The Balaban J connectivity index is 2.40. The average molecular weight is 148 g/mol. The number of halogens is 2. The van der Waals surface area contributed by atoms with E-state index in [0.717, 1.165) is 12.8 Å². The minimum atomic E-state index is -2.10. The SMILES string of the molecule is O=C([C](F)F)N1CCCC1. The van der Waals surface area contributed by atoms with E-state index in [0.29, 0.717) is 13.1 Å². The fraction of sp³-hybridized carbons (Fsp3) is 0.667. The number of rotatable bonds is 1. The summed E-state index contributed by atoms with van der Waals surface area (Å²) in [7, 11) is 0. The molecule has 57 valence electrons. The Kier molecular flexibility index (Phi) is 2.19. The number of hydrogen-bond acceptors (Lipinski definition) is 1. The van der Waals surface area contributed by atoms with E-state index in [-0.39, 0.29) is 0 Å². The lowest BCUT2D eigenvalue weighted by Crippen LogP contribution is -2.29. The number of hydrogen-bond donors (Lipinski definition) is 0. The van der Waals surface area contributed by atoms with E-state index in [4.69, 9.17) is 0 Å². The standard InChI is InChI=1S/C6H8F2NO/c7-5(8)6(10)9-3-1-2-4-9/h1-4H2. The molecule has 0 atom stereocenters. The second kappa shape index (κ2) is 2.94. The van der Waals surface area contributed by atoms with Crippen molar-refractivity contribution in [2.75, 3.05) is 13.1 Å². The van der Waals surface area contributed by atoms with Crippen molar-refractivity contribution in [3.8, 4) is 0 Å². The first-order valence-electron chi connectivity index (χ1n) is 3.19. The van der Waals surface area contributed by atoms with Crippen molar-refractivity contribution in [1.29, 1.82) is 0 Å². The van der Waals surface area contributed by atoms with Crippen LogP contribution in [0, 0.1) is 6.43 Å². The van der Waals surface area contributed by atoms with E-state index in [1.54, 1.807) is 0 Å². The summed E-state index contributed by atoms with van der Waals surface area (Å²) in [5, 5.41) is 0. The lowest BCUT2D eigenvalue weighted by molar-refractivity contribution is -0.133. The number of nitrogens with zero attached hydrogens (tertiary/aromatic N) is 1. The Morgan fingerprint density at radius 2 is 1.70 bits per heavy atom. The number of likely N-dealkylation sites (tertiary alicyclic amines) is 1. The second-order valence-electron chi connectivity index (χ2n) is 2.26. The molecule has 0 aliphatic carbocycles. The van der Waals surface area contributed by atoms with E-state index in [9.17, 15) is 13.6 Å². The normalized spacial score (nSPS) is 18.5. The molecule has 0 unspecified atom stereocenters. The molecule has 0 N–H and O–H groups in total. The molecule has 1 rings (SSSR count). The molecular weight excluding hydrogens is 140 g/mol. The molecule has 1 saturated heterocycles. The minimum absolute atomic E-state index is 0.482. The number of amides is 1. The summed E-state index contributed by atoms with van der Waals surface area (Å²) in [6.07, 6.45) is -0.403. The van der Waals surface area contributed by atoms with Crippen molar-refractivity contribution in [3.63, 3.8) is 0 Å². The van der Waals surface area contributed by atoms with Gasteiger partial charge in [-0.1, -0.05) is 0 Å². The molecule has 1 aliphatic heterocycles. The van der Waals surface area contributed by atoms with Gasteiger partial charge in [-0.3, -0.25) is 4.79 Å². The summed E-state index contributed by atoms with van der Waals surface area (Å²) in [6, 6.07) is 0.